The van der Waals surface area contributed by atoms with Gasteiger partial charge in [-0.1, -0.05) is 11.6 Å². The summed E-state index contributed by atoms with van der Waals surface area (Å²) in [7, 11) is -4.38. The summed E-state index contributed by atoms with van der Waals surface area (Å²) < 4.78 is 30.8. The van der Waals surface area contributed by atoms with Gasteiger partial charge in [-0.15, -0.1) is 0 Å². The molecule has 0 spiro atoms. The van der Waals surface area contributed by atoms with Crippen LogP contribution in [0, 0.1) is 6.92 Å². The molecule has 1 aromatic carbocycles. The number of hydrogen-bond acceptors (Lipinski definition) is 4. The standard InChI is InChI=1S/C9H11NO4S/c1-6-2-3-9(15(12,13)14)7(4-6)8(11)5-10/h2-4H,5,10H2,1H3,(H,12,13,14). The molecule has 5 nitrogen and oxygen atoms in total. The highest BCUT2D eigenvalue weighted by Gasteiger charge is 2.19. The third-order valence-electron chi connectivity index (χ3n) is 1.90. The number of aryl methyl sites for hydroxylation is 1. The van der Waals surface area contributed by atoms with Crippen molar-refractivity contribution < 1.29 is 17.8 Å². The fraction of sp³-hybridized carbons (Fsp3) is 0.222. The molecule has 0 bridgehead atoms. The molecule has 0 aliphatic rings. The molecule has 6 heteroatoms. The lowest BCUT2D eigenvalue weighted by molar-refractivity contribution is 0.0998. The van der Waals surface area contributed by atoms with Crippen molar-refractivity contribution in [2.75, 3.05) is 6.54 Å². The summed E-state index contributed by atoms with van der Waals surface area (Å²) >= 11 is 0. The highest BCUT2D eigenvalue weighted by atomic mass is 32.2. The molecule has 1 rings (SSSR count). The first-order chi connectivity index (χ1) is 6.86. The van der Waals surface area contributed by atoms with Gasteiger partial charge in [0.2, 0.25) is 0 Å². The number of ketones is 1. The predicted molar refractivity (Wildman–Crippen MR) is 54.4 cm³/mol. The van der Waals surface area contributed by atoms with Gasteiger partial charge < -0.3 is 5.73 Å². The topological polar surface area (TPSA) is 97.5 Å². The van der Waals surface area contributed by atoms with E-state index in [1.54, 1.807) is 6.92 Å². The van der Waals surface area contributed by atoms with Crippen LogP contribution in [0.5, 0.6) is 0 Å². The Bertz CT molecular complexity index is 493. The van der Waals surface area contributed by atoms with Gasteiger partial charge in [0.25, 0.3) is 10.1 Å². The number of rotatable bonds is 3. The molecule has 0 saturated carbocycles. The molecule has 0 fully saturated rings. The van der Waals surface area contributed by atoms with Gasteiger partial charge in [0.1, 0.15) is 4.90 Å². The van der Waals surface area contributed by atoms with Crippen molar-refractivity contribution in [3.05, 3.63) is 29.3 Å². The minimum absolute atomic E-state index is 0.0694. The summed E-state index contributed by atoms with van der Waals surface area (Å²) in [6.45, 7) is 1.41. The van der Waals surface area contributed by atoms with E-state index in [0.29, 0.717) is 0 Å². The zero-order valence-corrected chi connectivity index (χ0v) is 8.91. The van der Waals surface area contributed by atoms with E-state index in [2.05, 4.69) is 0 Å². The Morgan fingerprint density at radius 3 is 2.53 bits per heavy atom. The van der Waals surface area contributed by atoms with Gasteiger partial charge in [-0.25, -0.2) is 0 Å². The molecule has 0 amide bonds. The lowest BCUT2D eigenvalue weighted by Gasteiger charge is -2.05. The van der Waals surface area contributed by atoms with Gasteiger partial charge in [0.15, 0.2) is 5.78 Å². The average molecular weight is 229 g/mol. The van der Waals surface area contributed by atoms with Gasteiger partial charge in [-0.2, -0.15) is 8.42 Å². The molecule has 3 N–H and O–H groups in total. The monoisotopic (exact) mass is 229 g/mol. The van der Waals surface area contributed by atoms with Crippen molar-refractivity contribution in [1.82, 2.24) is 0 Å². The van der Waals surface area contributed by atoms with E-state index in [-0.39, 0.29) is 12.1 Å². The summed E-state index contributed by atoms with van der Waals surface area (Å²) in [5.41, 5.74) is 5.79. The summed E-state index contributed by atoms with van der Waals surface area (Å²) in [5, 5.41) is 0. The van der Waals surface area contributed by atoms with E-state index < -0.39 is 20.8 Å². The van der Waals surface area contributed by atoms with Gasteiger partial charge in [0, 0.05) is 5.56 Å². The Balaban J connectivity index is 3.47. The van der Waals surface area contributed by atoms with E-state index in [1.165, 1.54) is 18.2 Å². The maximum absolute atomic E-state index is 11.3. The van der Waals surface area contributed by atoms with Crippen LogP contribution < -0.4 is 5.73 Å². The van der Waals surface area contributed by atoms with Gasteiger partial charge in [0.05, 0.1) is 6.54 Å². The Morgan fingerprint density at radius 1 is 1.47 bits per heavy atom. The van der Waals surface area contributed by atoms with Crippen LogP contribution in [0.15, 0.2) is 23.1 Å². The van der Waals surface area contributed by atoms with E-state index >= 15 is 0 Å². The molecular weight excluding hydrogens is 218 g/mol. The number of hydrogen-bond donors (Lipinski definition) is 2. The van der Waals surface area contributed by atoms with Crippen molar-refractivity contribution in [2.45, 2.75) is 11.8 Å². The second-order valence-electron chi connectivity index (χ2n) is 3.10. The summed E-state index contributed by atoms with van der Waals surface area (Å²) in [6, 6.07) is 4.07. The lowest BCUT2D eigenvalue weighted by atomic mass is 10.1. The van der Waals surface area contributed by atoms with E-state index in [1.807, 2.05) is 0 Å². The summed E-state index contributed by atoms with van der Waals surface area (Å²) in [6.07, 6.45) is 0. The van der Waals surface area contributed by atoms with Gasteiger partial charge >= 0.3 is 0 Å². The SMILES string of the molecule is Cc1ccc(S(=O)(=O)O)c(C(=O)CN)c1. The highest BCUT2D eigenvalue weighted by molar-refractivity contribution is 7.86. The minimum Gasteiger partial charge on any atom is -0.324 e. The molecular formula is C9H11NO4S. The van der Waals surface area contributed by atoms with Crippen molar-refractivity contribution in [1.29, 1.82) is 0 Å². The molecule has 1 aromatic rings. The predicted octanol–water partition coefficient (Wildman–Crippen LogP) is 0.383. The third kappa shape index (κ3) is 2.62. The van der Waals surface area contributed by atoms with Crippen molar-refractivity contribution in [3.8, 4) is 0 Å². The fourth-order valence-electron chi connectivity index (χ4n) is 1.20. The van der Waals surface area contributed by atoms with Crippen molar-refractivity contribution >= 4 is 15.9 Å². The molecule has 82 valence electrons. The normalized spacial score (nSPS) is 11.4. The first-order valence-electron chi connectivity index (χ1n) is 4.17. The Kier molecular flexibility index (Phi) is 3.23. The van der Waals surface area contributed by atoms with Gasteiger partial charge in [-0.05, 0) is 19.1 Å². The highest BCUT2D eigenvalue weighted by Crippen LogP contribution is 2.17. The number of Topliss-reactive ketones (excluding diaryl/α,β-unsaturated/α-hetero) is 1. The maximum atomic E-state index is 11.3. The molecule has 0 atom stereocenters. The van der Waals surface area contributed by atoms with Crippen LogP contribution in [0.1, 0.15) is 15.9 Å². The average Bonchev–Trinajstić information content (AvgIpc) is 2.14. The molecule has 0 saturated heterocycles. The smallest absolute Gasteiger partial charge is 0.295 e. The Morgan fingerprint density at radius 2 is 2.07 bits per heavy atom. The quantitative estimate of drug-likeness (QED) is 0.577. The zero-order chi connectivity index (χ0) is 11.6. The molecule has 0 aliphatic heterocycles. The second kappa shape index (κ2) is 4.09. The first-order valence-corrected chi connectivity index (χ1v) is 5.61. The molecule has 0 heterocycles. The fourth-order valence-corrected chi connectivity index (χ4v) is 1.89. The van der Waals surface area contributed by atoms with Crippen LogP contribution >= 0.6 is 0 Å². The summed E-state index contributed by atoms with van der Waals surface area (Å²) in [5.74, 6) is -0.522. The second-order valence-corrected chi connectivity index (χ2v) is 4.49. The van der Waals surface area contributed by atoms with Crippen molar-refractivity contribution in [2.24, 2.45) is 5.73 Å². The third-order valence-corrected chi connectivity index (χ3v) is 2.81. The largest absolute Gasteiger partial charge is 0.324 e. The first kappa shape index (κ1) is 11.8. The van der Waals surface area contributed by atoms with E-state index in [4.69, 9.17) is 10.3 Å². The van der Waals surface area contributed by atoms with E-state index in [0.717, 1.165) is 5.56 Å². The zero-order valence-electron chi connectivity index (χ0n) is 8.10. The van der Waals surface area contributed by atoms with Crippen LogP contribution in [0.4, 0.5) is 0 Å². The molecule has 0 radical (unpaired) electrons. The number of nitrogens with two attached hydrogens (primary N) is 1. The van der Waals surface area contributed by atoms with Crippen LogP contribution in [0.25, 0.3) is 0 Å². The number of carbonyl (C=O) groups excluding carboxylic acids is 1. The Labute approximate surface area is 87.7 Å². The van der Waals surface area contributed by atoms with Crippen LogP contribution in [0.3, 0.4) is 0 Å². The van der Waals surface area contributed by atoms with Crippen LogP contribution in [-0.4, -0.2) is 25.3 Å². The number of carbonyl (C=O) groups is 1. The van der Waals surface area contributed by atoms with E-state index in [9.17, 15) is 13.2 Å². The van der Waals surface area contributed by atoms with Gasteiger partial charge in [-0.3, -0.25) is 9.35 Å². The lowest BCUT2D eigenvalue weighted by Crippen LogP contribution is -2.17. The molecule has 0 aromatic heterocycles. The van der Waals surface area contributed by atoms with Crippen molar-refractivity contribution in [3.63, 3.8) is 0 Å². The van der Waals surface area contributed by atoms with Crippen LogP contribution in [-0.2, 0) is 10.1 Å². The minimum atomic E-state index is -4.38. The molecule has 15 heavy (non-hydrogen) atoms. The van der Waals surface area contributed by atoms with Crippen LogP contribution in [0.2, 0.25) is 0 Å². The molecule has 0 unspecified atom stereocenters. The maximum Gasteiger partial charge on any atom is 0.295 e. The summed E-state index contributed by atoms with van der Waals surface area (Å²) in [4.78, 5) is 10.9. The molecule has 0 aliphatic carbocycles. The number of benzene rings is 1. The Hall–Kier alpha value is -1.24.